The molecule has 1 aromatic rings. The van der Waals surface area contributed by atoms with Gasteiger partial charge in [0.1, 0.15) is 6.04 Å². The van der Waals surface area contributed by atoms with Crippen LogP contribution in [-0.2, 0) is 27.4 Å². The van der Waals surface area contributed by atoms with Crippen LogP contribution < -0.4 is 16.0 Å². The molecule has 0 bridgehead atoms. The molecule has 160 valence electrons. The highest BCUT2D eigenvalue weighted by Crippen LogP contribution is 2.39. The van der Waals surface area contributed by atoms with Crippen molar-refractivity contribution < 1.29 is 19.1 Å². The minimum absolute atomic E-state index is 0.126. The van der Waals surface area contributed by atoms with Crippen molar-refractivity contribution in [2.75, 3.05) is 26.3 Å². The molecular weight excluding hydrogens is 384 g/mol. The third-order valence-electron chi connectivity index (χ3n) is 7.19. The Bertz CT molecular complexity index is 880. The number of rotatable bonds is 5. The van der Waals surface area contributed by atoms with Crippen LogP contribution in [0.2, 0.25) is 0 Å². The van der Waals surface area contributed by atoms with Gasteiger partial charge in [-0.2, -0.15) is 0 Å². The van der Waals surface area contributed by atoms with Crippen molar-refractivity contribution >= 4 is 17.7 Å². The Morgan fingerprint density at radius 1 is 1.20 bits per heavy atom. The van der Waals surface area contributed by atoms with Crippen molar-refractivity contribution in [3.05, 3.63) is 34.9 Å². The van der Waals surface area contributed by atoms with E-state index in [2.05, 4.69) is 22.0 Å². The topological polar surface area (TPSA) is 99.8 Å². The van der Waals surface area contributed by atoms with Gasteiger partial charge in [0.15, 0.2) is 0 Å². The summed E-state index contributed by atoms with van der Waals surface area (Å²) in [6.07, 6.45) is 2.92. The average molecular weight is 412 g/mol. The molecule has 1 spiro atoms. The van der Waals surface area contributed by atoms with Crippen LogP contribution in [0.1, 0.15) is 47.2 Å². The van der Waals surface area contributed by atoms with E-state index in [1.807, 2.05) is 12.1 Å². The number of fused-ring (bicyclic) bond motifs is 1. The van der Waals surface area contributed by atoms with Gasteiger partial charge in [0.2, 0.25) is 11.8 Å². The molecule has 4 aliphatic rings. The molecular formula is C22H28N4O4. The largest absolute Gasteiger partial charge is 0.381 e. The highest BCUT2D eigenvalue weighted by atomic mass is 16.5. The van der Waals surface area contributed by atoms with Crippen LogP contribution in [0.25, 0.3) is 0 Å². The lowest BCUT2D eigenvalue weighted by molar-refractivity contribution is -0.136. The van der Waals surface area contributed by atoms with Gasteiger partial charge in [-0.25, -0.2) is 0 Å². The summed E-state index contributed by atoms with van der Waals surface area (Å²) in [7, 11) is 0. The maximum absolute atomic E-state index is 12.8. The lowest BCUT2D eigenvalue weighted by Gasteiger charge is -2.52. The summed E-state index contributed by atoms with van der Waals surface area (Å²) in [5.41, 5.74) is 3.13. The first-order chi connectivity index (χ1) is 14.6. The van der Waals surface area contributed by atoms with Crippen LogP contribution >= 0.6 is 0 Å². The molecule has 0 saturated carbocycles. The number of nitrogens with one attached hydrogen (secondary N) is 3. The molecule has 4 aliphatic heterocycles. The van der Waals surface area contributed by atoms with Gasteiger partial charge in [-0.05, 0) is 36.5 Å². The maximum atomic E-state index is 12.8. The lowest BCUT2D eigenvalue weighted by Crippen LogP contribution is -2.67. The molecule has 2 unspecified atom stereocenters. The third kappa shape index (κ3) is 3.42. The van der Waals surface area contributed by atoms with Gasteiger partial charge >= 0.3 is 0 Å². The van der Waals surface area contributed by atoms with Crippen LogP contribution in [-0.4, -0.2) is 61.0 Å². The Morgan fingerprint density at radius 2 is 2.03 bits per heavy atom. The quantitative estimate of drug-likeness (QED) is 0.602. The average Bonchev–Trinajstić information content (AvgIpc) is 3.06. The zero-order valence-electron chi connectivity index (χ0n) is 17.0. The fourth-order valence-electron chi connectivity index (χ4n) is 5.23. The number of ether oxygens (including phenoxy) is 1. The highest BCUT2D eigenvalue weighted by molar-refractivity contribution is 6.05. The van der Waals surface area contributed by atoms with Gasteiger partial charge in [-0.1, -0.05) is 12.1 Å². The number of amides is 3. The van der Waals surface area contributed by atoms with Crippen molar-refractivity contribution in [1.82, 2.24) is 20.9 Å². The first kappa shape index (κ1) is 19.7. The zero-order valence-corrected chi connectivity index (χ0v) is 17.0. The fraction of sp³-hybridized carbons (Fsp3) is 0.591. The molecule has 2 atom stereocenters. The highest BCUT2D eigenvalue weighted by Gasteiger charge is 2.46. The Hall–Kier alpha value is -2.29. The number of carbonyl (C=O) groups excluding carboxylic acids is 3. The summed E-state index contributed by atoms with van der Waals surface area (Å²) in [5, 5.41) is 9.46. The van der Waals surface area contributed by atoms with E-state index in [-0.39, 0.29) is 24.1 Å². The van der Waals surface area contributed by atoms with Crippen LogP contribution in [0.3, 0.4) is 0 Å². The van der Waals surface area contributed by atoms with E-state index < -0.39 is 6.04 Å². The van der Waals surface area contributed by atoms with E-state index in [1.165, 1.54) is 0 Å². The molecule has 8 nitrogen and oxygen atoms in total. The van der Waals surface area contributed by atoms with Crippen molar-refractivity contribution in [3.63, 3.8) is 0 Å². The van der Waals surface area contributed by atoms with Gasteiger partial charge in [-0.15, -0.1) is 0 Å². The number of nitrogens with zero attached hydrogens (tertiary/aromatic N) is 1. The summed E-state index contributed by atoms with van der Waals surface area (Å²) in [4.78, 5) is 37.9. The lowest BCUT2D eigenvalue weighted by atomic mass is 9.68. The molecule has 3 saturated heterocycles. The SMILES string of the molecule is O=C1CCC(N2Cc3cc(CNCC4NCC45CCOCC5)ccc3C2=O)C(=O)N1. The first-order valence-corrected chi connectivity index (χ1v) is 10.8. The van der Waals surface area contributed by atoms with E-state index in [0.717, 1.165) is 56.8 Å². The minimum Gasteiger partial charge on any atom is -0.381 e. The van der Waals surface area contributed by atoms with E-state index in [0.29, 0.717) is 30.0 Å². The third-order valence-corrected chi connectivity index (χ3v) is 7.19. The number of carbonyl (C=O) groups is 3. The predicted molar refractivity (Wildman–Crippen MR) is 108 cm³/mol. The Kier molecular flexibility index (Phi) is 5.08. The zero-order chi connectivity index (χ0) is 20.7. The Balaban J connectivity index is 1.19. The van der Waals surface area contributed by atoms with Crippen molar-refractivity contribution in [2.24, 2.45) is 5.41 Å². The van der Waals surface area contributed by atoms with Gasteiger partial charge < -0.3 is 20.3 Å². The monoisotopic (exact) mass is 412 g/mol. The van der Waals surface area contributed by atoms with Crippen molar-refractivity contribution in [3.8, 4) is 0 Å². The molecule has 1 aromatic carbocycles. The van der Waals surface area contributed by atoms with Gasteiger partial charge in [0, 0.05) is 62.8 Å². The maximum Gasteiger partial charge on any atom is 0.255 e. The molecule has 8 heteroatoms. The molecule has 3 N–H and O–H groups in total. The molecule has 0 radical (unpaired) electrons. The van der Waals surface area contributed by atoms with Crippen molar-refractivity contribution in [1.29, 1.82) is 0 Å². The van der Waals surface area contributed by atoms with Crippen molar-refractivity contribution in [2.45, 2.75) is 50.9 Å². The smallest absolute Gasteiger partial charge is 0.255 e. The fourth-order valence-corrected chi connectivity index (χ4v) is 5.23. The van der Waals surface area contributed by atoms with Crippen LogP contribution in [0.4, 0.5) is 0 Å². The molecule has 5 rings (SSSR count). The number of hydrogen-bond acceptors (Lipinski definition) is 6. The first-order valence-electron chi connectivity index (χ1n) is 10.8. The Labute approximate surface area is 175 Å². The minimum atomic E-state index is -0.565. The second kappa shape index (κ2) is 7.76. The van der Waals surface area contributed by atoms with Gasteiger partial charge in [0.25, 0.3) is 5.91 Å². The van der Waals surface area contributed by atoms with E-state index in [9.17, 15) is 14.4 Å². The number of hydrogen-bond donors (Lipinski definition) is 3. The number of piperidine rings is 1. The normalized spacial score (nSPS) is 27.7. The van der Waals surface area contributed by atoms with E-state index in [4.69, 9.17) is 4.74 Å². The van der Waals surface area contributed by atoms with E-state index in [1.54, 1.807) is 4.90 Å². The summed E-state index contributed by atoms with van der Waals surface area (Å²) in [6.45, 7) is 4.88. The number of imide groups is 1. The van der Waals surface area contributed by atoms with Gasteiger partial charge in [-0.3, -0.25) is 19.7 Å². The summed E-state index contributed by atoms with van der Waals surface area (Å²) >= 11 is 0. The van der Waals surface area contributed by atoms with Crippen LogP contribution in [0, 0.1) is 5.41 Å². The molecule has 3 amide bonds. The molecule has 4 heterocycles. The molecule has 0 aliphatic carbocycles. The summed E-state index contributed by atoms with van der Waals surface area (Å²) in [5.74, 6) is -0.763. The molecule has 30 heavy (non-hydrogen) atoms. The molecule has 3 fully saturated rings. The summed E-state index contributed by atoms with van der Waals surface area (Å²) < 4.78 is 5.52. The van der Waals surface area contributed by atoms with E-state index >= 15 is 0 Å². The standard InChI is InChI=1S/C22H28N4O4/c27-19-4-3-17(20(28)25-19)26-12-15-9-14(1-2-16(15)21(26)29)10-23-11-18-22(13-24-18)5-7-30-8-6-22/h1-2,9,17-18,23-24H,3-8,10-13H2,(H,25,27,28). The van der Waals surface area contributed by atoms with Gasteiger partial charge in [0.05, 0.1) is 0 Å². The number of benzene rings is 1. The summed E-state index contributed by atoms with van der Waals surface area (Å²) in [6, 6.07) is 5.83. The van der Waals surface area contributed by atoms with Crippen LogP contribution in [0.15, 0.2) is 18.2 Å². The second-order valence-electron chi connectivity index (χ2n) is 8.93. The Morgan fingerprint density at radius 3 is 2.77 bits per heavy atom. The second-order valence-corrected chi connectivity index (χ2v) is 8.93. The molecule has 0 aromatic heterocycles. The van der Waals surface area contributed by atoms with Crippen LogP contribution in [0.5, 0.6) is 0 Å². The predicted octanol–water partition coefficient (Wildman–Crippen LogP) is 0.306.